The summed E-state index contributed by atoms with van der Waals surface area (Å²) in [6, 6.07) is 10.2. The van der Waals surface area contributed by atoms with E-state index in [4.69, 9.17) is 14.7 Å². The summed E-state index contributed by atoms with van der Waals surface area (Å²) in [4.78, 5) is 42.4. The van der Waals surface area contributed by atoms with Gasteiger partial charge in [-0.3, -0.25) is 9.98 Å². The van der Waals surface area contributed by atoms with Gasteiger partial charge in [0, 0.05) is 48.8 Å². The molecule has 4 N–H and O–H groups in total. The highest BCUT2D eigenvalue weighted by Gasteiger charge is 2.26. The fourth-order valence-corrected chi connectivity index (χ4v) is 4.64. The van der Waals surface area contributed by atoms with Crippen molar-refractivity contribution in [2.75, 3.05) is 36.4 Å². The molecule has 41 heavy (non-hydrogen) atoms. The number of H-pyrrole nitrogens is 2. The van der Waals surface area contributed by atoms with E-state index in [1.54, 1.807) is 21.7 Å². The molecule has 13 nitrogen and oxygen atoms in total. The van der Waals surface area contributed by atoms with Crippen LogP contribution in [0.4, 0.5) is 22.0 Å². The molecule has 0 spiro atoms. The monoisotopic (exact) mass is 559 g/mol. The van der Waals surface area contributed by atoms with E-state index in [0.717, 1.165) is 37.3 Å². The fraction of sp³-hybridized carbons (Fsp3) is 0.393. The number of nitrogens with zero attached hydrogens (tertiary/aromatic N) is 6. The molecule has 4 heterocycles. The first kappa shape index (κ1) is 26.4. The van der Waals surface area contributed by atoms with Gasteiger partial charge < -0.3 is 29.9 Å². The number of aromatic hydroxyl groups is 1. The topological polar surface area (TPSA) is 156 Å². The number of carbonyl (C=O) groups excluding carboxylic acids is 1. The lowest BCUT2D eigenvalue weighted by Crippen LogP contribution is -2.50. The number of imidazole rings is 1. The first-order valence-corrected chi connectivity index (χ1v) is 13.7. The normalized spacial score (nSPS) is 17.0. The van der Waals surface area contributed by atoms with E-state index in [-0.39, 0.29) is 23.7 Å². The zero-order valence-corrected chi connectivity index (χ0v) is 23.2. The summed E-state index contributed by atoms with van der Waals surface area (Å²) in [5.74, 6) is 0.343. The van der Waals surface area contributed by atoms with E-state index in [1.807, 2.05) is 51.1 Å². The molecule has 3 aromatic heterocycles. The largest absolute Gasteiger partial charge is 0.493 e. The van der Waals surface area contributed by atoms with E-state index in [2.05, 4.69) is 25.3 Å². The lowest BCUT2D eigenvalue weighted by Gasteiger charge is -2.36. The van der Waals surface area contributed by atoms with Crippen LogP contribution in [0.15, 0.2) is 46.3 Å². The summed E-state index contributed by atoms with van der Waals surface area (Å²) in [5.41, 5.74) is 2.37. The minimum atomic E-state index is -0.507. The SMILES string of the molecule is CC(C)(C)OC(=O)N1CCN(c2ccc(Nc3cc(=NC4CC4)n4ncc(=Cc5[nH]c(=O)[nH]c5O)c4n3)cc2)CC1. The van der Waals surface area contributed by atoms with Crippen LogP contribution in [0.5, 0.6) is 5.88 Å². The quantitative estimate of drug-likeness (QED) is 0.289. The van der Waals surface area contributed by atoms with E-state index in [9.17, 15) is 14.7 Å². The predicted octanol–water partition coefficient (Wildman–Crippen LogP) is 1.86. The number of aromatic amines is 2. The maximum atomic E-state index is 12.4. The lowest BCUT2D eigenvalue weighted by molar-refractivity contribution is 0.0240. The van der Waals surface area contributed by atoms with E-state index < -0.39 is 11.3 Å². The summed E-state index contributed by atoms with van der Waals surface area (Å²) >= 11 is 0. The van der Waals surface area contributed by atoms with Crippen LogP contribution >= 0.6 is 0 Å². The highest BCUT2D eigenvalue weighted by molar-refractivity contribution is 5.69. The van der Waals surface area contributed by atoms with E-state index >= 15 is 0 Å². The second-order valence-corrected chi connectivity index (χ2v) is 11.3. The van der Waals surface area contributed by atoms with Crippen LogP contribution in [-0.4, -0.2) is 78.5 Å². The lowest BCUT2D eigenvalue weighted by atomic mass is 10.2. The van der Waals surface area contributed by atoms with Crippen LogP contribution in [0.25, 0.3) is 11.7 Å². The Balaban J connectivity index is 1.21. The Morgan fingerprint density at radius 1 is 1.15 bits per heavy atom. The first-order chi connectivity index (χ1) is 19.6. The number of benzene rings is 1. The van der Waals surface area contributed by atoms with Gasteiger partial charge >= 0.3 is 11.8 Å². The van der Waals surface area contributed by atoms with Gasteiger partial charge in [0.2, 0.25) is 5.88 Å². The summed E-state index contributed by atoms with van der Waals surface area (Å²) in [6.07, 6.45) is 5.05. The number of aromatic nitrogens is 5. The highest BCUT2D eigenvalue weighted by Crippen LogP contribution is 2.24. The molecule has 214 valence electrons. The van der Waals surface area contributed by atoms with Gasteiger partial charge in [0.05, 0.1) is 12.2 Å². The van der Waals surface area contributed by atoms with Crippen molar-refractivity contribution in [2.24, 2.45) is 4.99 Å². The van der Waals surface area contributed by atoms with Crippen molar-refractivity contribution in [3.05, 3.63) is 63.4 Å². The standard InChI is InChI=1S/C28H33N9O4/c1-28(2,3)41-27(40)36-12-10-35(11-13-36)20-8-6-18(7-9-20)30-22-15-23(31-19-4-5-19)37-24(33-22)17(16-29-37)14-21-25(38)34-26(39)32-21/h6-9,14-16,19,30,38H,4-5,10-13H2,1-3H3,(H2,32,34,39). The van der Waals surface area contributed by atoms with E-state index in [1.165, 1.54) is 0 Å². The smallest absolute Gasteiger partial charge is 0.410 e. The van der Waals surface area contributed by atoms with Gasteiger partial charge in [-0.25, -0.2) is 14.6 Å². The Labute approximate surface area is 235 Å². The molecule has 1 aliphatic heterocycles. The summed E-state index contributed by atoms with van der Waals surface area (Å²) in [7, 11) is 0. The molecule has 4 aromatic rings. The minimum Gasteiger partial charge on any atom is -0.493 e. The average Bonchev–Trinajstić information content (AvgIpc) is 3.56. The van der Waals surface area contributed by atoms with Crippen molar-refractivity contribution in [3.8, 4) is 5.88 Å². The first-order valence-electron chi connectivity index (χ1n) is 13.7. The summed E-state index contributed by atoms with van der Waals surface area (Å²) in [6.45, 7) is 8.27. The molecule has 6 rings (SSSR count). The third-order valence-corrected chi connectivity index (χ3v) is 6.81. The van der Waals surface area contributed by atoms with Gasteiger partial charge in [-0.1, -0.05) is 0 Å². The molecule has 1 amide bonds. The van der Waals surface area contributed by atoms with Gasteiger partial charge in [-0.15, -0.1) is 0 Å². The Morgan fingerprint density at radius 3 is 2.51 bits per heavy atom. The molecule has 0 bridgehead atoms. The molecule has 1 saturated heterocycles. The molecule has 0 atom stereocenters. The Kier molecular flexibility index (Phi) is 6.64. The van der Waals surface area contributed by atoms with Crippen molar-refractivity contribution in [2.45, 2.75) is 45.3 Å². The predicted molar refractivity (Wildman–Crippen MR) is 153 cm³/mol. The van der Waals surface area contributed by atoms with E-state index in [0.29, 0.717) is 35.3 Å². The van der Waals surface area contributed by atoms with Crippen molar-refractivity contribution in [3.63, 3.8) is 0 Å². The Morgan fingerprint density at radius 2 is 1.88 bits per heavy atom. The summed E-state index contributed by atoms with van der Waals surface area (Å²) < 4.78 is 7.17. The molecule has 0 radical (unpaired) electrons. The average molecular weight is 560 g/mol. The van der Waals surface area contributed by atoms with Crippen molar-refractivity contribution >= 4 is 35.0 Å². The number of hydrogen-bond acceptors (Lipinski definition) is 9. The van der Waals surface area contributed by atoms with Crippen LogP contribution in [0, 0.1) is 0 Å². The van der Waals surface area contributed by atoms with Crippen LogP contribution in [0.3, 0.4) is 0 Å². The molecular weight excluding hydrogens is 526 g/mol. The zero-order chi connectivity index (χ0) is 28.7. The van der Waals surface area contributed by atoms with Crippen molar-refractivity contribution < 1.29 is 14.6 Å². The van der Waals surface area contributed by atoms with Gasteiger partial charge in [0.25, 0.3) is 0 Å². The molecule has 13 heteroatoms. The molecule has 2 aliphatic rings. The highest BCUT2D eigenvalue weighted by atomic mass is 16.6. The molecule has 0 unspecified atom stereocenters. The number of ether oxygens (including phenoxy) is 1. The fourth-order valence-electron chi connectivity index (χ4n) is 4.64. The van der Waals surface area contributed by atoms with Crippen molar-refractivity contribution in [1.29, 1.82) is 0 Å². The maximum absolute atomic E-state index is 12.4. The number of hydrogen-bond donors (Lipinski definition) is 4. The minimum absolute atomic E-state index is 0.244. The number of fused-ring (bicyclic) bond motifs is 1. The molecule has 1 aromatic carbocycles. The number of anilines is 3. The molecular formula is C28H33N9O4. The number of amides is 1. The second kappa shape index (κ2) is 10.3. The molecule has 2 fully saturated rings. The molecule has 1 saturated carbocycles. The van der Waals surface area contributed by atoms with Gasteiger partial charge in [-0.2, -0.15) is 9.61 Å². The Bertz CT molecular complexity index is 1750. The zero-order valence-electron chi connectivity index (χ0n) is 23.2. The number of nitrogens with one attached hydrogen (secondary N) is 3. The maximum Gasteiger partial charge on any atom is 0.410 e. The van der Waals surface area contributed by atoms with Crippen LogP contribution in [-0.2, 0) is 4.74 Å². The van der Waals surface area contributed by atoms with Gasteiger partial charge in [0.1, 0.15) is 17.1 Å². The van der Waals surface area contributed by atoms with Crippen LogP contribution in [0.1, 0.15) is 39.3 Å². The number of carbonyl (C=O) groups is 1. The van der Waals surface area contributed by atoms with Crippen molar-refractivity contribution in [1.82, 2.24) is 29.5 Å². The third-order valence-electron chi connectivity index (χ3n) is 6.81. The van der Waals surface area contributed by atoms with Crippen LogP contribution < -0.4 is 26.6 Å². The van der Waals surface area contributed by atoms with Gasteiger partial charge in [0.15, 0.2) is 11.1 Å². The summed E-state index contributed by atoms with van der Waals surface area (Å²) in [5, 5.41) is 18.5. The number of rotatable bonds is 5. The molecule has 1 aliphatic carbocycles. The Hall–Kier alpha value is -4.81. The third kappa shape index (κ3) is 6.03. The second-order valence-electron chi connectivity index (χ2n) is 11.3. The van der Waals surface area contributed by atoms with Crippen LogP contribution in [0.2, 0.25) is 0 Å². The number of piperazine rings is 1. The van der Waals surface area contributed by atoms with Gasteiger partial charge in [-0.05, 0) is 64.0 Å².